The first-order valence-electron chi connectivity index (χ1n) is 7.04. The third-order valence-electron chi connectivity index (χ3n) is 3.66. The highest BCUT2D eigenvalue weighted by molar-refractivity contribution is 5.54. The first-order valence-corrected chi connectivity index (χ1v) is 7.04. The maximum Gasteiger partial charge on any atom is 0.231 e. The molecule has 0 saturated carbocycles. The largest absolute Gasteiger partial charge is 0.508 e. The lowest BCUT2D eigenvalue weighted by molar-refractivity contribution is 0.173. The van der Waals surface area contributed by atoms with Gasteiger partial charge in [-0.15, -0.1) is 0 Å². The molecule has 0 amide bonds. The molecule has 1 aliphatic rings. The van der Waals surface area contributed by atoms with Crippen LogP contribution in [0.25, 0.3) is 0 Å². The lowest BCUT2D eigenvalue weighted by atomic mass is 9.92. The molecule has 21 heavy (non-hydrogen) atoms. The van der Waals surface area contributed by atoms with E-state index in [9.17, 15) is 5.11 Å². The maximum absolute atomic E-state index is 9.41. The minimum Gasteiger partial charge on any atom is -0.508 e. The van der Waals surface area contributed by atoms with Gasteiger partial charge in [0.2, 0.25) is 6.79 Å². The molecule has 0 unspecified atom stereocenters. The lowest BCUT2D eigenvalue weighted by Gasteiger charge is -2.18. The van der Waals surface area contributed by atoms with E-state index in [1.54, 1.807) is 12.1 Å². The van der Waals surface area contributed by atoms with E-state index in [1.165, 1.54) is 0 Å². The summed E-state index contributed by atoms with van der Waals surface area (Å²) in [5, 5.41) is 9.41. The van der Waals surface area contributed by atoms with Gasteiger partial charge in [0.25, 0.3) is 0 Å². The van der Waals surface area contributed by atoms with Crippen molar-refractivity contribution in [1.82, 2.24) is 0 Å². The van der Waals surface area contributed by atoms with E-state index in [2.05, 4.69) is 6.92 Å². The summed E-state index contributed by atoms with van der Waals surface area (Å²) < 4.78 is 16.6. The van der Waals surface area contributed by atoms with Crippen molar-refractivity contribution in [2.75, 3.05) is 13.4 Å². The quantitative estimate of drug-likeness (QED) is 0.931. The number of fused-ring (bicyclic) bond motifs is 1. The van der Waals surface area contributed by atoms with Crippen LogP contribution in [0, 0.1) is 0 Å². The number of rotatable bonds is 4. The van der Waals surface area contributed by atoms with Gasteiger partial charge in [-0.25, -0.2) is 0 Å². The fraction of sp³-hybridized carbons (Fsp3) is 0.294. The number of phenols is 1. The summed E-state index contributed by atoms with van der Waals surface area (Å²) in [6.07, 6.45) is 0. The van der Waals surface area contributed by atoms with E-state index in [0.717, 1.165) is 28.4 Å². The average molecular weight is 286 g/mol. The second-order valence-corrected chi connectivity index (χ2v) is 4.99. The summed E-state index contributed by atoms with van der Waals surface area (Å²) in [5.74, 6) is 2.67. The minimum atomic E-state index is 0.127. The van der Waals surface area contributed by atoms with Crippen molar-refractivity contribution in [2.24, 2.45) is 0 Å². The van der Waals surface area contributed by atoms with Gasteiger partial charge in [-0.3, -0.25) is 0 Å². The monoisotopic (exact) mass is 286 g/mol. The molecule has 0 bridgehead atoms. The summed E-state index contributed by atoms with van der Waals surface area (Å²) in [4.78, 5) is 0. The molecule has 0 fully saturated rings. The smallest absolute Gasteiger partial charge is 0.231 e. The van der Waals surface area contributed by atoms with E-state index in [-0.39, 0.29) is 18.5 Å². The van der Waals surface area contributed by atoms with E-state index < -0.39 is 0 Å². The number of hydrogen-bond acceptors (Lipinski definition) is 4. The number of aromatic hydroxyl groups is 1. The number of ether oxygens (including phenoxy) is 3. The van der Waals surface area contributed by atoms with Gasteiger partial charge < -0.3 is 19.3 Å². The lowest BCUT2D eigenvalue weighted by Crippen LogP contribution is -2.02. The maximum atomic E-state index is 9.41. The van der Waals surface area contributed by atoms with Gasteiger partial charge >= 0.3 is 0 Å². The minimum absolute atomic E-state index is 0.127. The number of hydrogen-bond donors (Lipinski definition) is 1. The third kappa shape index (κ3) is 2.61. The zero-order valence-electron chi connectivity index (χ0n) is 12.1. The molecule has 4 heteroatoms. The van der Waals surface area contributed by atoms with Crippen LogP contribution in [-0.4, -0.2) is 18.5 Å². The highest BCUT2D eigenvalue weighted by atomic mass is 16.7. The van der Waals surface area contributed by atoms with Gasteiger partial charge in [-0.2, -0.15) is 0 Å². The van der Waals surface area contributed by atoms with Gasteiger partial charge in [0, 0.05) is 17.5 Å². The van der Waals surface area contributed by atoms with Crippen LogP contribution < -0.4 is 14.2 Å². The van der Waals surface area contributed by atoms with Crippen molar-refractivity contribution in [1.29, 1.82) is 0 Å². The average Bonchev–Trinajstić information content (AvgIpc) is 2.94. The van der Waals surface area contributed by atoms with Crippen LogP contribution in [0.2, 0.25) is 0 Å². The SMILES string of the molecule is CCOc1cc2c(cc1[C@H](C)c1ccc(O)cc1)OCO2. The summed E-state index contributed by atoms with van der Waals surface area (Å²) in [6, 6.07) is 11.1. The van der Waals surface area contributed by atoms with E-state index >= 15 is 0 Å². The fourth-order valence-corrected chi connectivity index (χ4v) is 2.50. The molecular formula is C17H18O4. The number of benzene rings is 2. The Kier molecular flexibility index (Phi) is 3.60. The Balaban J connectivity index is 2.01. The van der Waals surface area contributed by atoms with Crippen molar-refractivity contribution in [3.8, 4) is 23.0 Å². The van der Waals surface area contributed by atoms with Crippen LogP contribution in [0.15, 0.2) is 36.4 Å². The van der Waals surface area contributed by atoms with Gasteiger partial charge in [0.1, 0.15) is 11.5 Å². The normalized spacial score (nSPS) is 14.0. The van der Waals surface area contributed by atoms with E-state index in [4.69, 9.17) is 14.2 Å². The second-order valence-electron chi connectivity index (χ2n) is 4.99. The first kappa shape index (κ1) is 13.6. The molecule has 0 radical (unpaired) electrons. The van der Waals surface area contributed by atoms with Crippen molar-refractivity contribution in [3.05, 3.63) is 47.5 Å². The van der Waals surface area contributed by atoms with Crippen molar-refractivity contribution >= 4 is 0 Å². The first-order chi connectivity index (χ1) is 10.2. The molecule has 1 aliphatic heterocycles. The number of phenolic OH excluding ortho intramolecular Hbond substituents is 1. The Morgan fingerprint density at radius 1 is 1.14 bits per heavy atom. The summed E-state index contributed by atoms with van der Waals surface area (Å²) in [7, 11) is 0. The van der Waals surface area contributed by atoms with E-state index in [0.29, 0.717) is 6.61 Å². The molecule has 1 N–H and O–H groups in total. The molecule has 2 aromatic rings. The van der Waals surface area contributed by atoms with Crippen LogP contribution in [-0.2, 0) is 0 Å². The van der Waals surface area contributed by atoms with Crippen LogP contribution in [0.1, 0.15) is 30.9 Å². The summed E-state index contributed by atoms with van der Waals surface area (Å²) in [6.45, 7) is 4.90. The summed E-state index contributed by atoms with van der Waals surface area (Å²) >= 11 is 0. The van der Waals surface area contributed by atoms with Crippen LogP contribution in [0.3, 0.4) is 0 Å². The Labute approximate surface area is 123 Å². The van der Waals surface area contributed by atoms with Crippen molar-refractivity contribution in [3.63, 3.8) is 0 Å². The van der Waals surface area contributed by atoms with Gasteiger partial charge in [0.05, 0.1) is 6.61 Å². The van der Waals surface area contributed by atoms with Gasteiger partial charge in [0.15, 0.2) is 11.5 Å². The van der Waals surface area contributed by atoms with Crippen LogP contribution in [0.5, 0.6) is 23.0 Å². The molecule has 0 aliphatic carbocycles. The highest BCUT2D eigenvalue weighted by Gasteiger charge is 2.21. The zero-order valence-corrected chi connectivity index (χ0v) is 12.1. The summed E-state index contributed by atoms with van der Waals surface area (Å²) in [5.41, 5.74) is 2.15. The second kappa shape index (κ2) is 5.56. The van der Waals surface area contributed by atoms with E-state index in [1.807, 2.05) is 31.2 Å². The Morgan fingerprint density at radius 2 is 1.81 bits per heavy atom. The topological polar surface area (TPSA) is 47.9 Å². The molecule has 0 aromatic heterocycles. The Hall–Kier alpha value is -2.36. The Morgan fingerprint density at radius 3 is 2.48 bits per heavy atom. The van der Waals surface area contributed by atoms with Crippen LogP contribution in [0.4, 0.5) is 0 Å². The molecule has 1 atom stereocenters. The molecular weight excluding hydrogens is 268 g/mol. The molecule has 110 valence electrons. The molecule has 3 rings (SSSR count). The van der Waals surface area contributed by atoms with Crippen molar-refractivity contribution < 1.29 is 19.3 Å². The van der Waals surface area contributed by atoms with Gasteiger partial charge in [-0.05, 0) is 30.7 Å². The Bertz CT molecular complexity index is 634. The van der Waals surface area contributed by atoms with Gasteiger partial charge in [-0.1, -0.05) is 19.1 Å². The molecule has 2 aromatic carbocycles. The third-order valence-corrected chi connectivity index (χ3v) is 3.66. The predicted molar refractivity (Wildman–Crippen MR) is 79.4 cm³/mol. The molecule has 4 nitrogen and oxygen atoms in total. The molecule has 1 heterocycles. The fourth-order valence-electron chi connectivity index (χ4n) is 2.50. The predicted octanol–water partition coefficient (Wildman–Crippen LogP) is 3.67. The van der Waals surface area contributed by atoms with Crippen molar-refractivity contribution in [2.45, 2.75) is 19.8 Å². The standard InChI is InChI=1S/C17H18O4/c1-3-19-15-9-17-16(20-10-21-17)8-14(15)11(2)12-4-6-13(18)7-5-12/h4-9,11,18H,3,10H2,1-2H3/t11-/m1/s1. The molecule has 0 saturated heterocycles. The zero-order chi connectivity index (χ0) is 14.8. The molecule has 0 spiro atoms. The van der Waals surface area contributed by atoms with Crippen LogP contribution >= 0.6 is 0 Å². The highest BCUT2D eigenvalue weighted by Crippen LogP contribution is 2.42.